The molecular weight excluding hydrogens is 240 g/mol. The van der Waals surface area contributed by atoms with E-state index in [-0.39, 0.29) is 5.91 Å². The minimum absolute atomic E-state index is 0.116. The number of carbonyl (C=O) groups is 1. The van der Waals surface area contributed by atoms with E-state index in [1.807, 2.05) is 13.0 Å². The molecule has 19 heavy (non-hydrogen) atoms. The van der Waals surface area contributed by atoms with Gasteiger partial charge in [0, 0.05) is 19.6 Å². The average molecular weight is 264 g/mol. The molecule has 0 aliphatic heterocycles. The number of amides is 1. The van der Waals surface area contributed by atoms with Crippen LogP contribution in [0.5, 0.6) is 0 Å². The number of hydrogen-bond donors (Lipinski definition) is 2. The number of anilines is 1. The molecule has 5 nitrogen and oxygen atoms in total. The maximum absolute atomic E-state index is 11.9. The Hall–Kier alpha value is -1.62. The van der Waals surface area contributed by atoms with Crippen LogP contribution in [-0.4, -0.2) is 48.5 Å². The van der Waals surface area contributed by atoms with Crippen molar-refractivity contribution in [1.29, 1.82) is 0 Å². The number of nitrogens with one attached hydrogen (secondary N) is 2. The van der Waals surface area contributed by atoms with Crippen LogP contribution >= 0.6 is 0 Å². The highest BCUT2D eigenvalue weighted by atomic mass is 16.1. The maximum Gasteiger partial charge on any atom is 0.269 e. The van der Waals surface area contributed by atoms with Crippen LogP contribution < -0.4 is 10.6 Å². The van der Waals surface area contributed by atoms with Gasteiger partial charge in [0.2, 0.25) is 0 Å². The van der Waals surface area contributed by atoms with Crippen molar-refractivity contribution in [1.82, 2.24) is 15.2 Å². The van der Waals surface area contributed by atoms with Gasteiger partial charge in [0.1, 0.15) is 5.69 Å². The lowest BCUT2D eigenvalue weighted by Crippen LogP contribution is -2.35. The number of aromatic nitrogens is 1. The second-order valence-corrected chi connectivity index (χ2v) is 4.25. The van der Waals surface area contributed by atoms with E-state index in [0.717, 1.165) is 31.9 Å². The van der Waals surface area contributed by atoms with E-state index >= 15 is 0 Å². The molecule has 0 fully saturated rings. The van der Waals surface area contributed by atoms with Crippen molar-refractivity contribution >= 4 is 11.6 Å². The van der Waals surface area contributed by atoms with Gasteiger partial charge in [0.15, 0.2) is 0 Å². The van der Waals surface area contributed by atoms with E-state index < -0.39 is 0 Å². The van der Waals surface area contributed by atoms with E-state index in [1.54, 1.807) is 12.3 Å². The Morgan fingerprint density at radius 3 is 2.53 bits per heavy atom. The molecule has 0 saturated heterocycles. The molecule has 1 amide bonds. The third kappa shape index (κ3) is 5.26. The lowest BCUT2D eigenvalue weighted by atomic mass is 10.3. The SMILES string of the molecule is CCNc1ccc(C(=O)NCCN(CC)CC)nc1. The summed E-state index contributed by atoms with van der Waals surface area (Å²) in [7, 11) is 0. The molecule has 0 spiro atoms. The molecule has 0 saturated carbocycles. The van der Waals surface area contributed by atoms with Crippen LogP contribution in [0.1, 0.15) is 31.3 Å². The van der Waals surface area contributed by atoms with Crippen LogP contribution in [0.25, 0.3) is 0 Å². The molecule has 0 atom stereocenters. The van der Waals surface area contributed by atoms with Crippen LogP contribution in [0.2, 0.25) is 0 Å². The normalized spacial score (nSPS) is 10.5. The fourth-order valence-electron chi connectivity index (χ4n) is 1.79. The predicted molar refractivity (Wildman–Crippen MR) is 78.5 cm³/mol. The molecule has 0 unspecified atom stereocenters. The molecule has 1 heterocycles. The Morgan fingerprint density at radius 1 is 1.26 bits per heavy atom. The summed E-state index contributed by atoms with van der Waals surface area (Å²) in [6.45, 7) is 10.6. The Morgan fingerprint density at radius 2 is 2.00 bits per heavy atom. The molecule has 5 heteroatoms. The summed E-state index contributed by atoms with van der Waals surface area (Å²) < 4.78 is 0. The highest BCUT2D eigenvalue weighted by Gasteiger charge is 2.07. The molecule has 2 N–H and O–H groups in total. The monoisotopic (exact) mass is 264 g/mol. The van der Waals surface area contributed by atoms with E-state index in [0.29, 0.717) is 12.2 Å². The number of likely N-dealkylation sites (N-methyl/N-ethyl adjacent to an activating group) is 1. The summed E-state index contributed by atoms with van der Waals surface area (Å²) >= 11 is 0. The Balaban J connectivity index is 2.40. The van der Waals surface area contributed by atoms with Gasteiger partial charge in [-0.3, -0.25) is 4.79 Å². The first-order valence-electron chi connectivity index (χ1n) is 6.91. The summed E-state index contributed by atoms with van der Waals surface area (Å²) in [5.74, 6) is -0.116. The summed E-state index contributed by atoms with van der Waals surface area (Å²) in [4.78, 5) is 18.3. The number of nitrogens with zero attached hydrogens (tertiary/aromatic N) is 2. The minimum Gasteiger partial charge on any atom is -0.384 e. The third-order valence-corrected chi connectivity index (χ3v) is 2.99. The Bertz CT molecular complexity index is 374. The first-order valence-corrected chi connectivity index (χ1v) is 6.91. The predicted octanol–water partition coefficient (Wildman–Crippen LogP) is 1.58. The van der Waals surface area contributed by atoms with Crippen LogP contribution in [0.4, 0.5) is 5.69 Å². The average Bonchev–Trinajstić information content (AvgIpc) is 2.44. The van der Waals surface area contributed by atoms with Gasteiger partial charge < -0.3 is 15.5 Å². The fourth-order valence-corrected chi connectivity index (χ4v) is 1.79. The minimum atomic E-state index is -0.116. The molecular formula is C14H24N4O. The summed E-state index contributed by atoms with van der Waals surface area (Å²) in [6.07, 6.45) is 1.68. The standard InChI is InChI=1S/C14H24N4O/c1-4-15-12-7-8-13(17-11-12)14(19)16-9-10-18(5-2)6-3/h7-8,11,15H,4-6,9-10H2,1-3H3,(H,16,19). The quantitative estimate of drug-likeness (QED) is 0.748. The van der Waals surface area contributed by atoms with Gasteiger partial charge in [-0.15, -0.1) is 0 Å². The van der Waals surface area contributed by atoms with Gasteiger partial charge in [-0.1, -0.05) is 13.8 Å². The van der Waals surface area contributed by atoms with E-state index in [9.17, 15) is 4.79 Å². The maximum atomic E-state index is 11.9. The topological polar surface area (TPSA) is 57.3 Å². The molecule has 0 aromatic carbocycles. The second-order valence-electron chi connectivity index (χ2n) is 4.25. The Kier molecular flexibility index (Phi) is 6.89. The molecule has 0 aliphatic carbocycles. The zero-order valence-corrected chi connectivity index (χ0v) is 12.1. The van der Waals surface area contributed by atoms with Gasteiger partial charge in [-0.2, -0.15) is 0 Å². The first kappa shape index (κ1) is 15.4. The number of pyridine rings is 1. The van der Waals surface area contributed by atoms with Crippen LogP contribution in [0, 0.1) is 0 Å². The molecule has 1 aromatic rings. The Labute approximate surface area is 115 Å². The van der Waals surface area contributed by atoms with Gasteiger partial charge in [0.05, 0.1) is 11.9 Å². The first-order chi connectivity index (χ1) is 9.21. The van der Waals surface area contributed by atoms with Crippen LogP contribution in [0.15, 0.2) is 18.3 Å². The van der Waals surface area contributed by atoms with Gasteiger partial charge >= 0.3 is 0 Å². The number of carbonyl (C=O) groups excluding carboxylic acids is 1. The van der Waals surface area contributed by atoms with Gasteiger partial charge in [-0.25, -0.2) is 4.98 Å². The second kappa shape index (κ2) is 8.48. The number of hydrogen-bond acceptors (Lipinski definition) is 4. The summed E-state index contributed by atoms with van der Waals surface area (Å²) in [5.41, 5.74) is 1.39. The van der Waals surface area contributed by atoms with Crippen molar-refractivity contribution in [3.05, 3.63) is 24.0 Å². The van der Waals surface area contributed by atoms with Crippen LogP contribution in [0.3, 0.4) is 0 Å². The zero-order chi connectivity index (χ0) is 14.1. The molecule has 0 aliphatic rings. The van der Waals surface area contributed by atoms with E-state index in [1.165, 1.54) is 0 Å². The molecule has 1 aromatic heterocycles. The van der Waals surface area contributed by atoms with Crippen molar-refractivity contribution in [2.45, 2.75) is 20.8 Å². The largest absolute Gasteiger partial charge is 0.384 e. The molecule has 1 rings (SSSR count). The highest BCUT2D eigenvalue weighted by Crippen LogP contribution is 2.05. The highest BCUT2D eigenvalue weighted by molar-refractivity contribution is 5.92. The zero-order valence-electron chi connectivity index (χ0n) is 12.1. The van der Waals surface area contributed by atoms with Gasteiger partial charge in [0.25, 0.3) is 5.91 Å². The molecule has 0 radical (unpaired) electrons. The fraction of sp³-hybridized carbons (Fsp3) is 0.571. The van der Waals surface area contributed by atoms with Crippen molar-refractivity contribution in [3.63, 3.8) is 0 Å². The van der Waals surface area contributed by atoms with Crippen molar-refractivity contribution in [2.75, 3.05) is 38.0 Å². The smallest absolute Gasteiger partial charge is 0.269 e. The van der Waals surface area contributed by atoms with Crippen molar-refractivity contribution in [3.8, 4) is 0 Å². The van der Waals surface area contributed by atoms with Crippen LogP contribution in [-0.2, 0) is 0 Å². The van der Waals surface area contributed by atoms with Crippen molar-refractivity contribution < 1.29 is 4.79 Å². The van der Waals surface area contributed by atoms with E-state index in [4.69, 9.17) is 0 Å². The van der Waals surface area contributed by atoms with Gasteiger partial charge in [-0.05, 0) is 32.1 Å². The summed E-state index contributed by atoms with van der Waals surface area (Å²) in [6, 6.07) is 3.61. The number of rotatable bonds is 8. The van der Waals surface area contributed by atoms with Crippen molar-refractivity contribution in [2.24, 2.45) is 0 Å². The van der Waals surface area contributed by atoms with E-state index in [2.05, 4.69) is 34.4 Å². The summed E-state index contributed by atoms with van der Waals surface area (Å²) in [5, 5.41) is 6.03. The third-order valence-electron chi connectivity index (χ3n) is 2.99. The lowest BCUT2D eigenvalue weighted by Gasteiger charge is -2.17. The molecule has 0 bridgehead atoms. The molecule has 106 valence electrons. The lowest BCUT2D eigenvalue weighted by molar-refractivity contribution is 0.0944.